The predicted octanol–water partition coefficient (Wildman–Crippen LogP) is 1.52. The van der Waals surface area contributed by atoms with E-state index < -0.39 is 0 Å². The molecule has 2 heterocycles. The topological polar surface area (TPSA) is 9.72 Å². The van der Waals surface area contributed by atoms with E-state index in [0.29, 0.717) is 6.04 Å². The third kappa shape index (κ3) is 2.58. The molecule has 0 spiro atoms. The van der Waals surface area contributed by atoms with Gasteiger partial charge in [0.2, 0.25) is 0 Å². The zero-order valence-corrected chi connectivity index (χ0v) is 11.3. The molecule has 16 heavy (non-hydrogen) atoms. The molecule has 0 aromatic rings. The van der Waals surface area contributed by atoms with Crippen molar-refractivity contribution in [1.82, 2.24) is 14.9 Å². The van der Waals surface area contributed by atoms with Crippen molar-refractivity contribution in [1.29, 1.82) is 0 Å². The molecule has 0 bridgehead atoms. The standard InChI is InChI=1S/C13H27N3/c1-11(2)13-9-16(10-13)15-7-5-14(6-8-15)12(3)4/h11-13H,5-10H2,1-4H3. The van der Waals surface area contributed by atoms with Crippen LogP contribution in [0.15, 0.2) is 0 Å². The average Bonchev–Trinajstić information content (AvgIpc) is 2.15. The largest absolute Gasteiger partial charge is 0.298 e. The van der Waals surface area contributed by atoms with Gasteiger partial charge in [-0.3, -0.25) is 4.90 Å². The second kappa shape index (κ2) is 5.03. The van der Waals surface area contributed by atoms with Crippen LogP contribution in [0.3, 0.4) is 0 Å². The van der Waals surface area contributed by atoms with E-state index in [9.17, 15) is 0 Å². The number of rotatable bonds is 3. The lowest BCUT2D eigenvalue weighted by Gasteiger charge is -2.50. The number of hydrogen-bond acceptors (Lipinski definition) is 3. The Bertz CT molecular complexity index is 213. The first-order valence-electron chi connectivity index (χ1n) is 6.81. The van der Waals surface area contributed by atoms with Gasteiger partial charge in [0.25, 0.3) is 0 Å². The summed E-state index contributed by atoms with van der Waals surface area (Å²) in [7, 11) is 0. The van der Waals surface area contributed by atoms with E-state index in [1.54, 1.807) is 0 Å². The molecule has 2 aliphatic rings. The molecule has 0 saturated carbocycles. The van der Waals surface area contributed by atoms with Crippen molar-refractivity contribution >= 4 is 0 Å². The Morgan fingerprint density at radius 3 is 1.81 bits per heavy atom. The van der Waals surface area contributed by atoms with Gasteiger partial charge in [-0.2, -0.15) is 0 Å². The molecule has 0 N–H and O–H groups in total. The Hall–Kier alpha value is -0.120. The SMILES string of the molecule is CC(C)C1CN(N2CCN(C(C)C)CC2)C1. The molecule has 0 aliphatic carbocycles. The highest BCUT2D eigenvalue weighted by Gasteiger charge is 2.34. The maximum absolute atomic E-state index is 2.58. The van der Waals surface area contributed by atoms with Gasteiger partial charge in [-0.25, -0.2) is 10.0 Å². The van der Waals surface area contributed by atoms with E-state index in [1.807, 2.05) is 0 Å². The lowest BCUT2D eigenvalue weighted by Crippen LogP contribution is -2.62. The molecule has 0 radical (unpaired) electrons. The Morgan fingerprint density at radius 1 is 0.812 bits per heavy atom. The number of hydrogen-bond donors (Lipinski definition) is 0. The maximum Gasteiger partial charge on any atom is 0.0261 e. The molecule has 0 amide bonds. The highest BCUT2D eigenvalue weighted by molar-refractivity contribution is 4.83. The second-order valence-electron chi connectivity index (χ2n) is 5.96. The average molecular weight is 225 g/mol. The maximum atomic E-state index is 2.58. The highest BCUT2D eigenvalue weighted by atomic mass is 15.7. The Morgan fingerprint density at radius 2 is 1.38 bits per heavy atom. The molecule has 3 heteroatoms. The zero-order chi connectivity index (χ0) is 11.7. The van der Waals surface area contributed by atoms with Crippen LogP contribution in [-0.2, 0) is 0 Å². The first kappa shape index (κ1) is 12.3. The van der Waals surface area contributed by atoms with Crippen LogP contribution in [0.1, 0.15) is 27.7 Å². The summed E-state index contributed by atoms with van der Waals surface area (Å²) in [6.07, 6.45) is 0. The van der Waals surface area contributed by atoms with Crippen LogP contribution in [0.4, 0.5) is 0 Å². The van der Waals surface area contributed by atoms with Crippen LogP contribution in [0.25, 0.3) is 0 Å². The quantitative estimate of drug-likeness (QED) is 0.721. The molecule has 0 aromatic heterocycles. The summed E-state index contributed by atoms with van der Waals surface area (Å²) in [6, 6.07) is 0.710. The molecule has 0 aromatic carbocycles. The minimum Gasteiger partial charge on any atom is -0.298 e. The van der Waals surface area contributed by atoms with E-state index in [2.05, 4.69) is 42.6 Å². The normalized spacial score (nSPS) is 26.6. The first-order chi connectivity index (χ1) is 7.58. The van der Waals surface area contributed by atoms with Crippen molar-refractivity contribution < 1.29 is 0 Å². The second-order valence-corrected chi connectivity index (χ2v) is 5.96. The molecular formula is C13H27N3. The van der Waals surface area contributed by atoms with Gasteiger partial charge in [-0.1, -0.05) is 13.8 Å². The molecule has 2 fully saturated rings. The third-order valence-corrected chi connectivity index (χ3v) is 4.25. The van der Waals surface area contributed by atoms with Gasteiger partial charge < -0.3 is 0 Å². The molecule has 0 atom stereocenters. The predicted molar refractivity (Wildman–Crippen MR) is 68.2 cm³/mol. The molecule has 3 nitrogen and oxygen atoms in total. The smallest absolute Gasteiger partial charge is 0.0261 e. The van der Waals surface area contributed by atoms with E-state index in [1.165, 1.54) is 39.3 Å². The fourth-order valence-electron chi connectivity index (χ4n) is 2.65. The number of hydrazine groups is 1. The van der Waals surface area contributed by atoms with Crippen molar-refractivity contribution in [2.24, 2.45) is 11.8 Å². The Balaban J connectivity index is 1.71. The van der Waals surface area contributed by atoms with Gasteiger partial charge in [-0.05, 0) is 25.7 Å². The molecule has 0 unspecified atom stereocenters. The molecular weight excluding hydrogens is 198 g/mol. The van der Waals surface area contributed by atoms with Gasteiger partial charge in [-0.15, -0.1) is 0 Å². The third-order valence-electron chi connectivity index (χ3n) is 4.25. The molecule has 2 saturated heterocycles. The summed E-state index contributed by atoms with van der Waals surface area (Å²) in [5, 5.41) is 5.13. The van der Waals surface area contributed by atoms with Crippen LogP contribution in [-0.4, -0.2) is 60.2 Å². The summed E-state index contributed by atoms with van der Waals surface area (Å²) in [4.78, 5) is 2.58. The van der Waals surface area contributed by atoms with Gasteiger partial charge in [0, 0.05) is 45.3 Å². The summed E-state index contributed by atoms with van der Waals surface area (Å²) in [6.45, 7) is 16.8. The van der Waals surface area contributed by atoms with Crippen LogP contribution < -0.4 is 0 Å². The number of piperazine rings is 1. The lowest BCUT2D eigenvalue weighted by molar-refractivity contribution is -0.135. The van der Waals surface area contributed by atoms with E-state index >= 15 is 0 Å². The first-order valence-corrected chi connectivity index (χ1v) is 6.81. The van der Waals surface area contributed by atoms with E-state index in [0.717, 1.165) is 11.8 Å². The zero-order valence-electron chi connectivity index (χ0n) is 11.3. The van der Waals surface area contributed by atoms with Gasteiger partial charge >= 0.3 is 0 Å². The minimum absolute atomic E-state index is 0.710. The van der Waals surface area contributed by atoms with Crippen LogP contribution in [0.5, 0.6) is 0 Å². The van der Waals surface area contributed by atoms with Crippen molar-refractivity contribution in [3.63, 3.8) is 0 Å². The van der Waals surface area contributed by atoms with Crippen molar-refractivity contribution in [3.05, 3.63) is 0 Å². The van der Waals surface area contributed by atoms with E-state index in [-0.39, 0.29) is 0 Å². The Labute approximate surface area is 100 Å². The fourth-order valence-corrected chi connectivity index (χ4v) is 2.65. The van der Waals surface area contributed by atoms with E-state index in [4.69, 9.17) is 0 Å². The van der Waals surface area contributed by atoms with Crippen LogP contribution in [0, 0.1) is 11.8 Å². The lowest BCUT2D eigenvalue weighted by atomic mass is 9.90. The summed E-state index contributed by atoms with van der Waals surface area (Å²) in [5.74, 6) is 1.79. The molecule has 2 aliphatic heterocycles. The molecule has 2 rings (SSSR count). The van der Waals surface area contributed by atoms with Crippen LogP contribution >= 0.6 is 0 Å². The summed E-state index contributed by atoms with van der Waals surface area (Å²) < 4.78 is 0. The number of nitrogens with zero attached hydrogens (tertiary/aromatic N) is 3. The van der Waals surface area contributed by atoms with Gasteiger partial charge in [0.1, 0.15) is 0 Å². The van der Waals surface area contributed by atoms with Gasteiger partial charge in [0.15, 0.2) is 0 Å². The summed E-state index contributed by atoms with van der Waals surface area (Å²) in [5.41, 5.74) is 0. The fraction of sp³-hybridized carbons (Fsp3) is 1.00. The van der Waals surface area contributed by atoms with Crippen molar-refractivity contribution in [3.8, 4) is 0 Å². The highest BCUT2D eigenvalue weighted by Crippen LogP contribution is 2.25. The van der Waals surface area contributed by atoms with Crippen molar-refractivity contribution in [2.75, 3.05) is 39.3 Å². The van der Waals surface area contributed by atoms with Gasteiger partial charge in [0.05, 0.1) is 0 Å². The molecule has 94 valence electrons. The van der Waals surface area contributed by atoms with Crippen molar-refractivity contribution in [2.45, 2.75) is 33.7 Å². The summed E-state index contributed by atoms with van der Waals surface area (Å²) >= 11 is 0. The minimum atomic E-state index is 0.710. The monoisotopic (exact) mass is 225 g/mol. The van der Waals surface area contributed by atoms with Crippen LogP contribution in [0.2, 0.25) is 0 Å². The Kier molecular flexibility index (Phi) is 3.88.